The lowest BCUT2D eigenvalue weighted by Crippen LogP contribution is -2.31. The highest BCUT2D eigenvalue weighted by atomic mass is 15.0. The molecule has 216 valence electrons. The monoisotopic (exact) mass is 577 g/mol. The van der Waals surface area contributed by atoms with E-state index in [9.17, 15) is 0 Å². The second-order valence-corrected chi connectivity index (χ2v) is 12.2. The zero-order valence-corrected chi connectivity index (χ0v) is 25.8. The Morgan fingerprint density at radius 1 is 0.622 bits per heavy atom. The molecule has 7 aromatic rings. The van der Waals surface area contributed by atoms with Crippen LogP contribution in [0.1, 0.15) is 29.7 Å². The molecule has 8 rings (SSSR count). The largest absolute Gasteiger partial charge is 0.310 e. The van der Waals surface area contributed by atoms with Crippen molar-refractivity contribution < 1.29 is 0 Å². The van der Waals surface area contributed by atoms with Crippen LogP contribution in [0.2, 0.25) is 0 Å². The minimum absolute atomic E-state index is 1.06. The van der Waals surface area contributed by atoms with E-state index in [1.165, 1.54) is 82.0 Å². The van der Waals surface area contributed by atoms with Crippen LogP contribution in [0.25, 0.3) is 78.6 Å². The highest BCUT2D eigenvalue weighted by molar-refractivity contribution is 6.07. The van der Waals surface area contributed by atoms with Crippen molar-refractivity contribution in [3.63, 3.8) is 0 Å². The van der Waals surface area contributed by atoms with E-state index in [1.807, 2.05) is 12.2 Å². The predicted molar refractivity (Wildman–Crippen MR) is 195 cm³/mol. The molecule has 6 aromatic carbocycles. The summed E-state index contributed by atoms with van der Waals surface area (Å²) in [4.78, 5) is 0. The fourth-order valence-corrected chi connectivity index (χ4v) is 7.34. The van der Waals surface area contributed by atoms with Crippen molar-refractivity contribution in [2.24, 2.45) is 0 Å². The van der Waals surface area contributed by atoms with Crippen molar-refractivity contribution in [3.8, 4) is 27.9 Å². The van der Waals surface area contributed by atoms with Crippen LogP contribution >= 0.6 is 0 Å². The first-order valence-electron chi connectivity index (χ1n) is 15.9. The first-order valence-corrected chi connectivity index (χ1v) is 15.9. The van der Waals surface area contributed by atoms with E-state index in [0.717, 1.165) is 18.5 Å². The van der Waals surface area contributed by atoms with Crippen molar-refractivity contribution in [2.75, 3.05) is 0 Å². The Morgan fingerprint density at radius 3 is 1.93 bits per heavy atom. The smallest absolute Gasteiger partial charge is 0.0537 e. The van der Waals surface area contributed by atoms with Crippen LogP contribution in [0.5, 0.6) is 0 Å². The van der Waals surface area contributed by atoms with Gasteiger partial charge in [-0.05, 0) is 117 Å². The normalized spacial score (nSPS) is 12.8. The van der Waals surface area contributed by atoms with Crippen LogP contribution in [0.4, 0.5) is 0 Å². The molecule has 0 spiro atoms. The maximum atomic E-state index is 3.91. The summed E-state index contributed by atoms with van der Waals surface area (Å²) in [6.45, 7) is 8.28. The number of benzene rings is 6. The molecule has 0 radical (unpaired) electrons. The van der Waals surface area contributed by atoms with E-state index < -0.39 is 0 Å². The first-order chi connectivity index (χ1) is 22.1. The van der Waals surface area contributed by atoms with Crippen molar-refractivity contribution in [1.82, 2.24) is 4.57 Å². The van der Waals surface area contributed by atoms with E-state index in [2.05, 4.69) is 152 Å². The van der Waals surface area contributed by atoms with E-state index in [-0.39, 0.29) is 0 Å². The van der Waals surface area contributed by atoms with Gasteiger partial charge in [0, 0.05) is 16.8 Å². The maximum Gasteiger partial charge on any atom is 0.0537 e. The first kappa shape index (κ1) is 27.2. The number of rotatable bonds is 5. The summed E-state index contributed by atoms with van der Waals surface area (Å²) >= 11 is 0. The molecular weight excluding hydrogens is 542 g/mol. The number of fused-ring (bicyclic) bond motifs is 4. The van der Waals surface area contributed by atoms with Gasteiger partial charge in [0.1, 0.15) is 0 Å². The van der Waals surface area contributed by atoms with Gasteiger partial charge in [-0.2, -0.15) is 0 Å². The molecule has 0 amide bonds. The van der Waals surface area contributed by atoms with Crippen molar-refractivity contribution in [1.29, 1.82) is 0 Å². The number of nitrogens with zero attached hydrogens (tertiary/aromatic N) is 1. The number of aryl methyl sites for hydroxylation is 2. The fraction of sp³-hybridized carbons (Fsp3) is 0.0909. The van der Waals surface area contributed by atoms with Crippen LogP contribution in [0.15, 0.2) is 128 Å². The fourth-order valence-electron chi connectivity index (χ4n) is 7.34. The van der Waals surface area contributed by atoms with Crippen LogP contribution in [0, 0.1) is 13.8 Å². The number of hydrogen-bond donors (Lipinski definition) is 0. The molecule has 0 fully saturated rings. The molecule has 1 nitrogen and oxygen atoms in total. The minimum Gasteiger partial charge on any atom is -0.310 e. The van der Waals surface area contributed by atoms with E-state index >= 15 is 0 Å². The Morgan fingerprint density at radius 2 is 1.22 bits per heavy atom. The quantitative estimate of drug-likeness (QED) is 0.179. The lowest BCUT2D eigenvalue weighted by atomic mass is 9.86. The summed E-state index contributed by atoms with van der Waals surface area (Å²) in [6.07, 6.45) is 13.1. The van der Waals surface area contributed by atoms with Crippen LogP contribution in [-0.4, -0.2) is 4.57 Å². The topological polar surface area (TPSA) is 4.93 Å². The molecule has 0 saturated carbocycles. The van der Waals surface area contributed by atoms with Gasteiger partial charge in [-0.25, -0.2) is 0 Å². The number of aromatic nitrogens is 1. The van der Waals surface area contributed by atoms with Crippen LogP contribution in [-0.2, 0) is 0 Å². The molecule has 1 heteroatoms. The lowest BCUT2D eigenvalue weighted by molar-refractivity contribution is 1.10. The summed E-state index contributed by atoms with van der Waals surface area (Å²) in [5.74, 6) is 0. The molecule has 0 saturated heterocycles. The molecule has 1 aliphatic carbocycles. The Hall–Kier alpha value is -5.40. The average molecular weight is 578 g/mol. The molecule has 45 heavy (non-hydrogen) atoms. The second kappa shape index (κ2) is 10.9. The summed E-state index contributed by atoms with van der Waals surface area (Å²) in [5, 5.41) is 9.15. The predicted octanol–water partition coefficient (Wildman–Crippen LogP) is 10.4. The van der Waals surface area contributed by atoms with Gasteiger partial charge in [0.15, 0.2) is 0 Å². The van der Waals surface area contributed by atoms with Gasteiger partial charge in [0.25, 0.3) is 0 Å². The molecule has 0 atom stereocenters. The van der Waals surface area contributed by atoms with Crippen molar-refractivity contribution >= 4 is 50.7 Å². The van der Waals surface area contributed by atoms with Gasteiger partial charge in [-0.3, -0.25) is 0 Å². The molecule has 0 aliphatic heterocycles. The van der Waals surface area contributed by atoms with Crippen LogP contribution in [0.3, 0.4) is 0 Å². The van der Waals surface area contributed by atoms with E-state index in [1.54, 1.807) is 0 Å². The number of hydrogen-bond acceptors (Lipinski definition) is 0. The highest BCUT2D eigenvalue weighted by Gasteiger charge is 2.18. The second-order valence-electron chi connectivity index (χ2n) is 12.2. The van der Waals surface area contributed by atoms with Gasteiger partial charge >= 0.3 is 0 Å². The number of para-hydroxylation sites is 1. The molecule has 0 unspecified atom stereocenters. The molecular formula is C44H35N. The molecule has 0 N–H and O–H groups in total. The van der Waals surface area contributed by atoms with Gasteiger partial charge in [0.05, 0.1) is 5.52 Å². The minimum atomic E-state index is 1.06. The number of allylic oxidation sites excluding steroid dienone is 2. The zero-order valence-electron chi connectivity index (χ0n) is 25.8. The van der Waals surface area contributed by atoms with Gasteiger partial charge in [-0.1, -0.05) is 121 Å². The third-order valence-corrected chi connectivity index (χ3v) is 9.42. The Balaban J connectivity index is 1.34. The van der Waals surface area contributed by atoms with Crippen molar-refractivity contribution in [3.05, 3.63) is 155 Å². The molecule has 1 aliphatic rings. The zero-order chi connectivity index (χ0) is 30.5. The third-order valence-electron chi connectivity index (χ3n) is 9.42. The molecule has 0 bridgehead atoms. The Labute approximate surface area is 264 Å². The van der Waals surface area contributed by atoms with Crippen LogP contribution < -0.4 is 10.4 Å². The van der Waals surface area contributed by atoms with Gasteiger partial charge in [0.2, 0.25) is 0 Å². The van der Waals surface area contributed by atoms with Gasteiger partial charge < -0.3 is 4.57 Å². The Kier molecular flexibility index (Phi) is 6.61. The summed E-state index contributed by atoms with van der Waals surface area (Å²) in [6, 6.07) is 40.5. The summed E-state index contributed by atoms with van der Waals surface area (Å²) < 4.78 is 2.37. The SMILES string of the molecule is C=C/C=C\c1c(C)c2ccccc2n1-c1ccc(-c2c3c(c(-c4ccc5cc(C)ccc5c4)c4ccccc24)=CCCC=3)cc1. The molecule has 1 heterocycles. The summed E-state index contributed by atoms with van der Waals surface area (Å²) in [5.41, 5.74) is 11.3. The van der Waals surface area contributed by atoms with E-state index in [0.29, 0.717) is 0 Å². The van der Waals surface area contributed by atoms with Gasteiger partial charge in [-0.15, -0.1) is 0 Å². The molecule has 1 aromatic heterocycles. The van der Waals surface area contributed by atoms with E-state index in [4.69, 9.17) is 0 Å². The third kappa shape index (κ3) is 4.47. The standard InChI is InChI=1S/C44H35N/c1-4-5-17-41-30(3)36-12-10-11-18-42(36)45(41)35-25-23-31(24-26-35)43-37-13-6-8-15-39(37)44(40-16-9-7-14-38(40)43)34-22-21-32-27-29(2)19-20-33(32)28-34/h4-6,8,10-28H,1,7,9H2,2-3H3/b17-5-. The van der Waals surface area contributed by atoms with Crippen molar-refractivity contribution in [2.45, 2.75) is 26.7 Å². The summed E-state index contributed by atoms with van der Waals surface area (Å²) in [7, 11) is 0. The highest BCUT2D eigenvalue weighted by Crippen LogP contribution is 2.35. The average Bonchev–Trinajstić information content (AvgIpc) is 3.37. The lowest BCUT2D eigenvalue weighted by Gasteiger charge is -2.18. The maximum absolute atomic E-state index is 3.91. The Bertz CT molecular complexity index is 2450.